The first-order valence-electron chi connectivity index (χ1n) is 9.09. The minimum Gasteiger partial charge on any atom is -0.389 e. The summed E-state index contributed by atoms with van der Waals surface area (Å²) in [5.41, 5.74) is 2.53. The molecule has 0 spiro atoms. The lowest BCUT2D eigenvalue weighted by Gasteiger charge is -2.36. The topological polar surface area (TPSA) is 70.5 Å². The second-order valence-corrected chi connectivity index (χ2v) is 7.06. The van der Waals surface area contributed by atoms with Crippen LogP contribution in [-0.4, -0.2) is 54.0 Å². The number of aliphatic hydroxyl groups is 1. The largest absolute Gasteiger partial charge is 0.389 e. The van der Waals surface area contributed by atoms with E-state index in [1.54, 1.807) is 0 Å². The fourth-order valence-electron chi connectivity index (χ4n) is 3.55. The number of rotatable bonds is 5. The SMILES string of the molecule is OC1CN(c2nc(NCC3=CCCCC3)cc([C@@H]3CCOC3)n2)C1. The van der Waals surface area contributed by atoms with Gasteiger partial charge in [0.05, 0.1) is 18.4 Å². The lowest BCUT2D eigenvalue weighted by Crippen LogP contribution is -2.51. The fraction of sp³-hybridized carbons (Fsp3) is 0.667. The standard InChI is InChI=1S/C18H26N4O2/c23-15-10-22(11-15)18-20-16(14-6-7-24-12-14)8-17(21-18)19-9-13-4-2-1-3-5-13/h4,8,14-15,23H,1-3,5-7,9-12H2,(H,19,20,21)/t14-/m1/s1. The Morgan fingerprint density at radius 1 is 1.29 bits per heavy atom. The molecule has 0 bridgehead atoms. The molecular formula is C18H26N4O2. The van der Waals surface area contributed by atoms with Crippen LogP contribution < -0.4 is 10.2 Å². The summed E-state index contributed by atoms with van der Waals surface area (Å²) in [5.74, 6) is 1.96. The van der Waals surface area contributed by atoms with Crippen molar-refractivity contribution in [1.82, 2.24) is 9.97 Å². The van der Waals surface area contributed by atoms with Crippen molar-refractivity contribution in [1.29, 1.82) is 0 Å². The smallest absolute Gasteiger partial charge is 0.227 e. The minimum atomic E-state index is -0.254. The predicted molar refractivity (Wildman–Crippen MR) is 93.5 cm³/mol. The zero-order valence-electron chi connectivity index (χ0n) is 14.1. The summed E-state index contributed by atoms with van der Waals surface area (Å²) in [6.07, 6.45) is 8.11. The summed E-state index contributed by atoms with van der Waals surface area (Å²) in [7, 11) is 0. The van der Waals surface area contributed by atoms with Crippen LogP contribution in [0.15, 0.2) is 17.7 Å². The Hall–Kier alpha value is -1.66. The molecule has 2 fully saturated rings. The highest BCUT2D eigenvalue weighted by Crippen LogP contribution is 2.28. The molecule has 2 saturated heterocycles. The monoisotopic (exact) mass is 330 g/mol. The van der Waals surface area contributed by atoms with Crippen LogP contribution in [0.4, 0.5) is 11.8 Å². The average Bonchev–Trinajstić information content (AvgIpc) is 3.12. The van der Waals surface area contributed by atoms with Gasteiger partial charge in [0.25, 0.3) is 0 Å². The van der Waals surface area contributed by atoms with Crippen LogP contribution in [0.25, 0.3) is 0 Å². The van der Waals surface area contributed by atoms with Crippen LogP contribution in [0, 0.1) is 0 Å². The number of hydrogen-bond acceptors (Lipinski definition) is 6. The van der Waals surface area contributed by atoms with Gasteiger partial charge in [-0.1, -0.05) is 11.6 Å². The molecule has 130 valence electrons. The van der Waals surface area contributed by atoms with E-state index in [0.717, 1.165) is 43.6 Å². The van der Waals surface area contributed by atoms with Gasteiger partial charge in [-0.05, 0) is 32.1 Å². The van der Waals surface area contributed by atoms with E-state index >= 15 is 0 Å². The Balaban J connectivity index is 1.51. The van der Waals surface area contributed by atoms with Crippen molar-refractivity contribution < 1.29 is 9.84 Å². The summed E-state index contributed by atoms with van der Waals surface area (Å²) in [6, 6.07) is 2.07. The first kappa shape index (κ1) is 15.8. The van der Waals surface area contributed by atoms with Crippen molar-refractivity contribution in [3.8, 4) is 0 Å². The van der Waals surface area contributed by atoms with E-state index in [1.165, 1.54) is 31.3 Å². The van der Waals surface area contributed by atoms with Crippen molar-refractivity contribution in [2.75, 3.05) is 43.1 Å². The molecule has 3 heterocycles. The summed E-state index contributed by atoms with van der Waals surface area (Å²) in [5, 5.41) is 13.0. The van der Waals surface area contributed by atoms with Gasteiger partial charge >= 0.3 is 0 Å². The fourth-order valence-corrected chi connectivity index (χ4v) is 3.55. The number of aromatic nitrogens is 2. The number of allylic oxidation sites excluding steroid dienone is 1. The third-order valence-corrected chi connectivity index (χ3v) is 5.11. The number of nitrogens with one attached hydrogen (secondary N) is 1. The number of β-amino-alcohol motifs (C(OH)–C–C–N with tert-alkyl or cyclic N) is 1. The van der Waals surface area contributed by atoms with E-state index in [-0.39, 0.29) is 6.10 Å². The molecule has 6 nitrogen and oxygen atoms in total. The number of anilines is 2. The van der Waals surface area contributed by atoms with Crippen LogP contribution in [0.1, 0.15) is 43.7 Å². The van der Waals surface area contributed by atoms with Crippen molar-refractivity contribution >= 4 is 11.8 Å². The number of hydrogen-bond donors (Lipinski definition) is 2. The third kappa shape index (κ3) is 3.54. The maximum absolute atomic E-state index is 9.56. The Kier molecular flexibility index (Phi) is 4.67. The molecule has 0 unspecified atom stereocenters. The zero-order chi connectivity index (χ0) is 16.4. The highest BCUT2D eigenvalue weighted by molar-refractivity contribution is 5.47. The van der Waals surface area contributed by atoms with E-state index in [9.17, 15) is 5.11 Å². The van der Waals surface area contributed by atoms with Gasteiger partial charge < -0.3 is 20.1 Å². The normalized spacial score (nSPS) is 24.6. The van der Waals surface area contributed by atoms with Crippen LogP contribution in [0.5, 0.6) is 0 Å². The molecule has 2 N–H and O–H groups in total. The molecule has 1 aliphatic carbocycles. The molecule has 2 aliphatic heterocycles. The van der Waals surface area contributed by atoms with Crippen LogP contribution >= 0.6 is 0 Å². The van der Waals surface area contributed by atoms with Gasteiger partial charge in [0.1, 0.15) is 5.82 Å². The molecule has 0 saturated carbocycles. The predicted octanol–water partition coefficient (Wildman–Crippen LogP) is 2.07. The van der Waals surface area contributed by atoms with Gasteiger partial charge in [-0.2, -0.15) is 4.98 Å². The van der Waals surface area contributed by atoms with E-state index in [2.05, 4.69) is 22.4 Å². The highest BCUT2D eigenvalue weighted by atomic mass is 16.5. The average molecular weight is 330 g/mol. The number of ether oxygens (including phenoxy) is 1. The van der Waals surface area contributed by atoms with Gasteiger partial charge in [-0.3, -0.25) is 0 Å². The first-order valence-corrected chi connectivity index (χ1v) is 9.09. The van der Waals surface area contributed by atoms with Gasteiger partial charge in [0.15, 0.2) is 0 Å². The summed E-state index contributed by atoms with van der Waals surface area (Å²) < 4.78 is 5.52. The van der Waals surface area contributed by atoms with Gasteiger partial charge in [0.2, 0.25) is 5.95 Å². The second kappa shape index (κ2) is 7.07. The summed E-state index contributed by atoms with van der Waals surface area (Å²) >= 11 is 0. The molecular weight excluding hydrogens is 304 g/mol. The van der Waals surface area contributed by atoms with Gasteiger partial charge in [-0.25, -0.2) is 4.98 Å². The molecule has 1 aromatic rings. The van der Waals surface area contributed by atoms with E-state index in [4.69, 9.17) is 9.72 Å². The first-order chi connectivity index (χ1) is 11.8. The summed E-state index contributed by atoms with van der Waals surface area (Å²) in [6.45, 7) is 3.65. The quantitative estimate of drug-likeness (QED) is 0.806. The Bertz CT molecular complexity index is 607. The molecule has 4 rings (SSSR count). The molecule has 3 aliphatic rings. The van der Waals surface area contributed by atoms with Gasteiger partial charge in [0, 0.05) is 38.2 Å². The van der Waals surface area contributed by atoms with E-state index in [0.29, 0.717) is 19.0 Å². The van der Waals surface area contributed by atoms with E-state index in [1.807, 2.05) is 4.90 Å². The molecule has 1 atom stereocenters. The highest BCUT2D eigenvalue weighted by Gasteiger charge is 2.28. The van der Waals surface area contributed by atoms with Crippen molar-refractivity contribution in [3.05, 3.63) is 23.4 Å². The maximum Gasteiger partial charge on any atom is 0.227 e. The lowest BCUT2D eigenvalue weighted by molar-refractivity contribution is 0.140. The number of aliphatic hydroxyl groups excluding tert-OH is 1. The minimum absolute atomic E-state index is 0.254. The third-order valence-electron chi connectivity index (χ3n) is 5.11. The second-order valence-electron chi connectivity index (χ2n) is 7.06. The summed E-state index contributed by atoms with van der Waals surface area (Å²) in [4.78, 5) is 11.4. The molecule has 1 aromatic heterocycles. The van der Waals surface area contributed by atoms with Crippen LogP contribution in [0.3, 0.4) is 0 Å². The Morgan fingerprint density at radius 2 is 2.21 bits per heavy atom. The van der Waals surface area contributed by atoms with Crippen molar-refractivity contribution in [2.24, 2.45) is 0 Å². The van der Waals surface area contributed by atoms with Crippen LogP contribution in [0.2, 0.25) is 0 Å². The van der Waals surface area contributed by atoms with E-state index < -0.39 is 0 Å². The lowest BCUT2D eigenvalue weighted by atomic mass is 10.00. The molecule has 24 heavy (non-hydrogen) atoms. The maximum atomic E-state index is 9.56. The molecule has 0 amide bonds. The number of nitrogens with zero attached hydrogens (tertiary/aromatic N) is 3. The molecule has 6 heteroatoms. The van der Waals surface area contributed by atoms with Crippen molar-refractivity contribution in [2.45, 2.75) is 44.1 Å². The zero-order valence-corrected chi connectivity index (χ0v) is 14.1. The Labute approximate surface area is 142 Å². The van der Waals surface area contributed by atoms with Gasteiger partial charge in [-0.15, -0.1) is 0 Å². The molecule has 0 aromatic carbocycles. The van der Waals surface area contributed by atoms with Crippen LogP contribution in [-0.2, 0) is 4.74 Å². The van der Waals surface area contributed by atoms with Crippen molar-refractivity contribution in [3.63, 3.8) is 0 Å². The molecule has 0 radical (unpaired) electrons. The Morgan fingerprint density at radius 3 is 2.92 bits per heavy atom.